The second-order valence-corrected chi connectivity index (χ2v) is 6.77. The third-order valence-electron chi connectivity index (χ3n) is 3.01. The van der Waals surface area contributed by atoms with Crippen LogP contribution in [0, 0.1) is 6.92 Å². The number of aliphatic hydroxyl groups excluding tert-OH is 1. The van der Waals surface area contributed by atoms with Gasteiger partial charge in [-0.25, -0.2) is 4.98 Å². The Kier molecular flexibility index (Phi) is 6.18. The summed E-state index contributed by atoms with van der Waals surface area (Å²) in [5, 5.41) is 14.2. The van der Waals surface area contributed by atoms with Crippen LogP contribution < -0.4 is 10.1 Å². The summed E-state index contributed by atoms with van der Waals surface area (Å²) >= 11 is 1.70. The van der Waals surface area contributed by atoms with Gasteiger partial charge in [-0.2, -0.15) is 0 Å². The van der Waals surface area contributed by atoms with E-state index in [2.05, 4.69) is 10.3 Å². The van der Waals surface area contributed by atoms with Gasteiger partial charge in [-0.3, -0.25) is 0 Å². The fourth-order valence-corrected chi connectivity index (χ4v) is 2.75. The third kappa shape index (κ3) is 5.63. The van der Waals surface area contributed by atoms with Gasteiger partial charge in [-0.1, -0.05) is 0 Å². The maximum atomic E-state index is 9.76. The first-order valence-corrected chi connectivity index (χ1v) is 8.05. The highest BCUT2D eigenvalue weighted by molar-refractivity contribution is 7.11. The summed E-state index contributed by atoms with van der Waals surface area (Å²) < 4.78 is 5.58. The van der Waals surface area contributed by atoms with Gasteiger partial charge in [0.15, 0.2) is 0 Å². The number of aromatic nitrogens is 1. The Morgan fingerprint density at radius 2 is 2.05 bits per heavy atom. The van der Waals surface area contributed by atoms with E-state index in [1.165, 1.54) is 4.88 Å². The highest BCUT2D eigenvalue weighted by atomic mass is 32.1. The van der Waals surface area contributed by atoms with Crippen LogP contribution in [0.5, 0.6) is 5.75 Å². The number of nitrogens with zero attached hydrogens (tertiary/aromatic N) is 2. The fourth-order valence-electron chi connectivity index (χ4n) is 2.01. The van der Waals surface area contributed by atoms with Crippen molar-refractivity contribution in [1.82, 2.24) is 9.88 Å². The average Bonchev–Trinajstić information content (AvgIpc) is 2.89. The number of hydrogen-bond donors (Lipinski definition) is 2. The Balaban J connectivity index is 1.77. The summed E-state index contributed by atoms with van der Waals surface area (Å²) in [6, 6.07) is 7.76. The molecule has 0 bridgehead atoms. The first kappa shape index (κ1) is 16.7. The van der Waals surface area contributed by atoms with Crippen LogP contribution in [-0.2, 0) is 6.54 Å². The molecule has 0 fully saturated rings. The number of likely N-dealkylation sites (N-methyl/N-ethyl adjacent to an activating group) is 1. The number of hydrogen-bond acceptors (Lipinski definition) is 6. The average molecular weight is 321 g/mol. The molecular weight excluding hydrogens is 298 g/mol. The van der Waals surface area contributed by atoms with Gasteiger partial charge in [0.2, 0.25) is 0 Å². The first-order valence-electron chi connectivity index (χ1n) is 7.24. The van der Waals surface area contributed by atoms with Crippen molar-refractivity contribution in [2.24, 2.45) is 0 Å². The minimum absolute atomic E-state index is 0.297. The second-order valence-electron chi connectivity index (χ2n) is 5.45. The molecule has 1 aromatic heterocycles. The van der Waals surface area contributed by atoms with E-state index < -0.39 is 6.10 Å². The highest BCUT2D eigenvalue weighted by Gasteiger charge is 2.06. The topological polar surface area (TPSA) is 57.6 Å². The summed E-state index contributed by atoms with van der Waals surface area (Å²) in [6.07, 6.45) is 1.42. The summed E-state index contributed by atoms with van der Waals surface area (Å²) in [7, 11) is 3.85. The summed E-state index contributed by atoms with van der Waals surface area (Å²) in [4.78, 5) is 7.38. The van der Waals surface area contributed by atoms with Crippen LogP contribution in [-0.4, -0.2) is 48.3 Å². The van der Waals surface area contributed by atoms with Crippen molar-refractivity contribution >= 4 is 17.0 Å². The standard InChI is InChI=1S/C16H23N3O2S/c1-12-17-8-16(22-12)9-18-13-4-6-15(7-5-13)21-11-14(20)10-19(2)3/h4-8,14,18,20H,9-11H2,1-3H3. The van der Waals surface area contributed by atoms with Crippen LogP contribution in [0.15, 0.2) is 30.5 Å². The quantitative estimate of drug-likeness (QED) is 0.782. The van der Waals surface area contributed by atoms with E-state index in [4.69, 9.17) is 4.74 Å². The first-order chi connectivity index (χ1) is 10.5. The zero-order chi connectivity index (χ0) is 15.9. The number of anilines is 1. The normalized spacial score (nSPS) is 12.4. The highest BCUT2D eigenvalue weighted by Crippen LogP contribution is 2.18. The van der Waals surface area contributed by atoms with Crippen molar-refractivity contribution in [3.8, 4) is 5.75 Å². The number of ether oxygens (including phenoxy) is 1. The molecule has 2 aromatic rings. The number of benzene rings is 1. The minimum atomic E-state index is -0.484. The van der Waals surface area contributed by atoms with Crippen LogP contribution in [0.1, 0.15) is 9.88 Å². The van der Waals surface area contributed by atoms with Crippen LogP contribution in [0.4, 0.5) is 5.69 Å². The second kappa shape index (κ2) is 8.12. The smallest absolute Gasteiger partial charge is 0.119 e. The molecule has 2 N–H and O–H groups in total. The number of aryl methyl sites for hydroxylation is 1. The molecule has 1 aromatic carbocycles. The Hall–Kier alpha value is -1.63. The maximum absolute atomic E-state index is 9.76. The Morgan fingerprint density at radius 3 is 2.64 bits per heavy atom. The van der Waals surface area contributed by atoms with Crippen LogP contribution in [0.25, 0.3) is 0 Å². The number of nitrogens with one attached hydrogen (secondary N) is 1. The molecule has 22 heavy (non-hydrogen) atoms. The van der Waals surface area contributed by atoms with Gasteiger partial charge in [-0.05, 0) is 45.3 Å². The van der Waals surface area contributed by atoms with Crippen molar-refractivity contribution in [2.45, 2.75) is 19.6 Å². The molecule has 1 unspecified atom stereocenters. The molecule has 0 radical (unpaired) electrons. The third-order valence-corrected chi connectivity index (χ3v) is 3.92. The zero-order valence-corrected chi connectivity index (χ0v) is 14.1. The summed E-state index contributed by atoms with van der Waals surface area (Å²) in [6.45, 7) is 3.66. The van der Waals surface area contributed by atoms with Gasteiger partial charge in [0, 0.05) is 23.3 Å². The van der Waals surface area contributed by atoms with E-state index in [1.807, 2.05) is 56.4 Å². The Morgan fingerprint density at radius 1 is 1.32 bits per heavy atom. The van der Waals surface area contributed by atoms with E-state index in [-0.39, 0.29) is 0 Å². The SMILES string of the molecule is Cc1ncc(CNc2ccc(OCC(O)CN(C)C)cc2)s1. The Bertz CT molecular complexity index is 569. The van der Waals surface area contributed by atoms with E-state index in [0.29, 0.717) is 13.2 Å². The predicted octanol–water partition coefficient (Wildman–Crippen LogP) is 2.36. The molecule has 120 valence electrons. The van der Waals surface area contributed by atoms with Gasteiger partial charge >= 0.3 is 0 Å². The molecule has 0 aliphatic heterocycles. The predicted molar refractivity (Wildman–Crippen MR) is 90.7 cm³/mol. The van der Waals surface area contributed by atoms with E-state index in [9.17, 15) is 5.11 Å². The van der Waals surface area contributed by atoms with Crippen molar-refractivity contribution in [3.63, 3.8) is 0 Å². The maximum Gasteiger partial charge on any atom is 0.119 e. The lowest BCUT2D eigenvalue weighted by atomic mass is 10.3. The number of thiazole rings is 1. The molecule has 0 saturated heterocycles. The van der Waals surface area contributed by atoms with Gasteiger partial charge in [0.25, 0.3) is 0 Å². The van der Waals surface area contributed by atoms with Gasteiger partial charge in [-0.15, -0.1) is 11.3 Å². The van der Waals surface area contributed by atoms with Gasteiger partial charge in [0.1, 0.15) is 18.5 Å². The van der Waals surface area contributed by atoms with Crippen molar-refractivity contribution in [2.75, 3.05) is 32.6 Å². The Labute approximate surface area is 135 Å². The lowest BCUT2D eigenvalue weighted by molar-refractivity contribution is 0.0831. The van der Waals surface area contributed by atoms with Gasteiger partial charge in [0.05, 0.1) is 11.6 Å². The van der Waals surface area contributed by atoms with Gasteiger partial charge < -0.3 is 20.1 Å². The van der Waals surface area contributed by atoms with E-state index >= 15 is 0 Å². The molecule has 6 heteroatoms. The van der Waals surface area contributed by atoms with E-state index in [0.717, 1.165) is 23.0 Å². The molecule has 0 amide bonds. The zero-order valence-electron chi connectivity index (χ0n) is 13.2. The lowest BCUT2D eigenvalue weighted by Gasteiger charge is -2.16. The molecule has 2 rings (SSSR count). The minimum Gasteiger partial charge on any atom is -0.491 e. The van der Waals surface area contributed by atoms with Crippen LogP contribution >= 0.6 is 11.3 Å². The molecule has 1 atom stereocenters. The summed E-state index contributed by atoms with van der Waals surface area (Å²) in [5.74, 6) is 0.761. The number of rotatable bonds is 8. The molecule has 0 aliphatic carbocycles. The lowest BCUT2D eigenvalue weighted by Crippen LogP contribution is -2.30. The molecule has 0 spiro atoms. The molecule has 5 nitrogen and oxygen atoms in total. The van der Waals surface area contributed by atoms with Crippen molar-refractivity contribution < 1.29 is 9.84 Å². The molecule has 0 saturated carbocycles. The number of aliphatic hydroxyl groups is 1. The van der Waals surface area contributed by atoms with Crippen molar-refractivity contribution in [1.29, 1.82) is 0 Å². The molecule has 0 aliphatic rings. The monoisotopic (exact) mass is 321 g/mol. The van der Waals surface area contributed by atoms with Crippen LogP contribution in [0.2, 0.25) is 0 Å². The molecular formula is C16H23N3O2S. The van der Waals surface area contributed by atoms with E-state index in [1.54, 1.807) is 11.3 Å². The largest absolute Gasteiger partial charge is 0.491 e. The van der Waals surface area contributed by atoms with Crippen molar-refractivity contribution in [3.05, 3.63) is 40.3 Å². The van der Waals surface area contributed by atoms with Crippen LogP contribution in [0.3, 0.4) is 0 Å². The summed E-state index contributed by atoms with van der Waals surface area (Å²) in [5.41, 5.74) is 1.03. The molecule has 1 heterocycles. The fraction of sp³-hybridized carbons (Fsp3) is 0.438.